The SMILES string of the molecule is CN(C)C(=O)Cc1ccc(N)c(Cl)c1. The highest BCUT2D eigenvalue weighted by Gasteiger charge is 2.06. The van der Waals surface area contributed by atoms with E-state index in [1.807, 2.05) is 6.07 Å². The maximum atomic E-state index is 11.4. The number of halogens is 1. The van der Waals surface area contributed by atoms with E-state index in [4.69, 9.17) is 17.3 Å². The molecule has 4 heteroatoms. The van der Waals surface area contributed by atoms with Crippen molar-refractivity contribution in [1.82, 2.24) is 4.90 Å². The molecule has 1 aromatic carbocycles. The van der Waals surface area contributed by atoms with Crippen LogP contribution in [0.3, 0.4) is 0 Å². The van der Waals surface area contributed by atoms with Crippen LogP contribution in [0.2, 0.25) is 5.02 Å². The molecule has 3 nitrogen and oxygen atoms in total. The van der Waals surface area contributed by atoms with Gasteiger partial charge in [-0.25, -0.2) is 0 Å². The normalized spacial score (nSPS) is 9.93. The Hall–Kier alpha value is -1.22. The van der Waals surface area contributed by atoms with Crippen molar-refractivity contribution in [3.05, 3.63) is 28.8 Å². The van der Waals surface area contributed by atoms with Crippen molar-refractivity contribution in [3.63, 3.8) is 0 Å². The summed E-state index contributed by atoms with van der Waals surface area (Å²) in [5.41, 5.74) is 6.96. The number of hydrogen-bond acceptors (Lipinski definition) is 2. The van der Waals surface area contributed by atoms with Crippen molar-refractivity contribution in [1.29, 1.82) is 0 Å². The number of likely N-dealkylation sites (N-methyl/N-ethyl adjacent to an activating group) is 1. The lowest BCUT2D eigenvalue weighted by Crippen LogP contribution is -2.23. The highest BCUT2D eigenvalue weighted by Crippen LogP contribution is 2.19. The van der Waals surface area contributed by atoms with Gasteiger partial charge in [0.2, 0.25) is 5.91 Å². The van der Waals surface area contributed by atoms with Gasteiger partial charge in [0, 0.05) is 14.1 Å². The van der Waals surface area contributed by atoms with Crippen LogP contribution in [0.15, 0.2) is 18.2 Å². The molecule has 0 unspecified atom stereocenters. The van der Waals surface area contributed by atoms with Gasteiger partial charge >= 0.3 is 0 Å². The van der Waals surface area contributed by atoms with Gasteiger partial charge in [-0.05, 0) is 17.7 Å². The van der Waals surface area contributed by atoms with Crippen LogP contribution < -0.4 is 5.73 Å². The Morgan fingerprint density at radius 2 is 2.14 bits per heavy atom. The van der Waals surface area contributed by atoms with Crippen LogP contribution in [0, 0.1) is 0 Å². The third-order valence-corrected chi connectivity index (χ3v) is 2.25. The van der Waals surface area contributed by atoms with Gasteiger partial charge in [-0.15, -0.1) is 0 Å². The van der Waals surface area contributed by atoms with E-state index in [9.17, 15) is 4.79 Å². The molecule has 0 saturated heterocycles. The van der Waals surface area contributed by atoms with Crippen LogP contribution in [0.5, 0.6) is 0 Å². The molecule has 0 aliphatic carbocycles. The third kappa shape index (κ3) is 2.64. The van der Waals surface area contributed by atoms with Crippen LogP contribution >= 0.6 is 11.6 Å². The van der Waals surface area contributed by atoms with Crippen LogP contribution in [0.25, 0.3) is 0 Å². The van der Waals surface area contributed by atoms with E-state index in [2.05, 4.69) is 0 Å². The summed E-state index contributed by atoms with van der Waals surface area (Å²) in [4.78, 5) is 12.9. The zero-order chi connectivity index (χ0) is 10.7. The molecule has 0 spiro atoms. The van der Waals surface area contributed by atoms with Gasteiger partial charge < -0.3 is 10.6 Å². The number of carbonyl (C=O) groups excluding carboxylic acids is 1. The first kappa shape index (κ1) is 10.9. The number of rotatable bonds is 2. The summed E-state index contributed by atoms with van der Waals surface area (Å²) in [5, 5.41) is 0.494. The summed E-state index contributed by atoms with van der Waals surface area (Å²) < 4.78 is 0. The fraction of sp³-hybridized carbons (Fsp3) is 0.300. The molecule has 1 amide bonds. The number of benzene rings is 1. The summed E-state index contributed by atoms with van der Waals surface area (Å²) in [6, 6.07) is 5.24. The summed E-state index contributed by atoms with van der Waals surface area (Å²) in [6.07, 6.45) is 0.354. The van der Waals surface area contributed by atoms with E-state index in [0.29, 0.717) is 17.1 Å². The van der Waals surface area contributed by atoms with E-state index in [-0.39, 0.29) is 5.91 Å². The molecule has 0 saturated carbocycles. The molecule has 0 aliphatic rings. The number of hydrogen-bond donors (Lipinski definition) is 1. The minimum atomic E-state index is 0.0471. The molecule has 2 N–H and O–H groups in total. The van der Waals surface area contributed by atoms with Crippen LogP contribution in [0.4, 0.5) is 5.69 Å². The first-order valence-electron chi connectivity index (χ1n) is 4.24. The number of carbonyl (C=O) groups is 1. The molecule has 0 atom stereocenters. The smallest absolute Gasteiger partial charge is 0.226 e. The van der Waals surface area contributed by atoms with Crippen molar-refractivity contribution in [2.45, 2.75) is 6.42 Å². The summed E-state index contributed by atoms with van der Waals surface area (Å²) >= 11 is 5.83. The Bertz CT molecular complexity index is 350. The van der Waals surface area contributed by atoms with Crippen molar-refractivity contribution in [2.24, 2.45) is 0 Å². The lowest BCUT2D eigenvalue weighted by Gasteiger charge is -2.10. The van der Waals surface area contributed by atoms with Crippen LogP contribution in [-0.4, -0.2) is 24.9 Å². The second kappa shape index (κ2) is 4.33. The van der Waals surface area contributed by atoms with Crippen molar-refractivity contribution >= 4 is 23.2 Å². The number of amides is 1. The molecule has 0 radical (unpaired) electrons. The second-order valence-electron chi connectivity index (χ2n) is 3.32. The molecular weight excluding hydrogens is 200 g/mol. The Balaban J connectivity index is 2.78. The quantitative estimate of drug-likeness (QED) is 0.757. The zero-order valence-corrected chi connectivity index (χ0v) is 9.01. The first-order valence-corrected chi connectivity index (χ1v) is 4.62. The Morgan fingerprint density at radius 1 is 1.50 bits per heavy atom. The predicted molar refractivity (Wildman–Crippen MR) is 58.3 cm³/mol. The van der Waals surface area contributed by atoms with Crippen molar-refractivity contribution in [3.8, 4) is 0 Å². The van der Waals surface area contributed by atoms with Gasteiger partial charge in [0.05, 0.1) is 17.1 Å². The Morgan fingerprint density at radius 3 is 2.64 bits per heavy atom. The highest BCUT2D eigenvalue weighted by molar-refractivity contribution is 6.33. The molecule has 0 bridgehead atoms. The van der Waals surface area contributed by atoms with E-state index in [1.165, 1.54) is 0 Å². The van der Waals surface area contributed by atoms with Gasteiger partial charge in [0.15, 0.2) is 0 Å². The predicted octanol–water partition coefficient (Wildman–Crippen LogP) is 1.55. The molecule has 0 aromatic heterocycles. The molecule has 0 heterocycles. The van der Waals surface area contributed by atoms with Gasteiger partial charge in [0.1, 0.15) is 0 Å². The third-order valence-electron chi connectivity index (χ3n) is 1.92. The molecular formula is C10H13ClN2O. The van der Waals surface area contributed by atoms with Crippen LogP contribution in [-0.2, 0) is 11.2 Å². The number of nitrogens with zero attached hydrogens (tertiary/aromatic N) is 1. The minimum Gasteiger partial charge on any atom is -0.398 e. The standard InChI is InChI=1S/C10H13ClN2O/c1-13(2)10(14)6-7-3-4-9(12)8(11)5-7/h3-5H,6,12H2,1-2H3. The maximum absolute atomic E-state index is 11.4. The molecule has 0 fully saturated rings. The highest BCUT2D eigenvalue weighted by atomic mass is 35.5. The summed E-state index contributed by atoms with van der Waals surface area (Å²) in [7, 11) is 3.45. The zero-order valence-electron chi connectivity index (χ0n) is 8.25. The Kier molecular flexibility index (Phi) is 3.36. The van der Waals surface area contributed by atoms with E-state index in [0.717, 1.165) is 5.56 Å². The number of anilines is 1. The second-order valence-corrected chi connectivity index (χ2v) is 3.73. The van der Waals surface area contributed by atoms with Crippen LogP contribution in [0.1, 0.15) is 5.56 Å². The monoisotopic (exact) mass is 212 g/mol. The molecule has 0 aliphatic heterocycles. The summed E-state index contributed by atoms with van der Waals surface area (Å²) in [5.74, 6) is 0.0471. The van der Waals surface area contributed by atoms with Gasteiger partial charge in [-0.2, -0.15) is 0 Å². The topological polar surface area (TPSA) is 46.3 Å². The number of nitrogens with two attached hydrogens (primary N) is 1. The maximum Gasteiger partial charge on any atom is 0.226 e. The lowest BCUT2D eigenvalue weighted by molar-refractivity contribution is -0.127. The largest absolute Gasteiger partial charge is 0.398 e. The van der Waals surface area contributed by atoms with Gasteiger partial charge in [-0.1, -0.05) is 17.7 Å². The molecule has 1 rings (SSSR count). The van der Waals surface area contributed by atoms with Crippen molar-refractivity contribution in [2.75, 3.05) is 19.8 Å². The van der Waals surface area contributed by atoms with Crippen molar-refractivity contribution < 1.29 is 4.79 Å². The fourth-order valence-electron chi connectivity index (χ4n) is 1.01. The molecule has 14 heavy (non-hydrogen) atoms. The van der Waals surface area contributed by atoms with E-state index < -0.39 is 0 Å². The number of nitrogen functional groups attached to an aromatic ring is 1. The Labute approximate surface area is 88.5 Å². The molecule has 76 valence electrons. The average Bonchev–Trinajstić information content (AvgIpc) is 2.11. The van der Waals surface area contributed by atoms with E-state index in [1.54, 1.807) is 31.1 Å². The lowest BCUT2D eigenvalue weighted by atomic mass is 10.1. The molecule has 1 aromatic rings. The van der Waals surface area contributed by atoms with Gasteiger partial charge in [0.25, 0.3) is 0 Å². The fourth-order valence-corrected chi connectivity index (χ4v) is 1.22. The average molecular weight is 213 g/mol. The van der Waals surface area contributed by atoms with Gasteiger partial charge in [-0.3, -0.25) is 4.79 Å². The van der Waals surface area contributed by atoms with E-state index >= 15 is 0 Å². The first-order chi connectivity index (χ1) is 6.50. The summed E-state index contributed by atoms with van der Waals surface area (Å²) in [6.45, 7) is 0. The minimum absolute atomic E-state index is 0.0471.